The molecule has 142 valence electrons. The predicted octanol–water partition coefficient (Wildman–Crippen LogP) is 3.00. The van der Waals surface area contributed by atoms with Crippen molar-refractivity contribution < 1.29 is 14.3 Å². The number of urea groups is 1. The zero-order chi connectivity index (χ0) is 19.2. The molecule has 0 saturated carbocycles. The van der Waals surface area contributed by atoms with Crippen molar-refractivity contribution in [3.63, 3.8) is 0 Å². The fourth-order valence-corrected chi connectivity index (χ4v) is 3.26. The molecule has 0 aliphatic carbocycles. The highest BCUT2D eigenvalue weighted by atomic mass is 35.5. The van der Waals surface area contributed by atoms with Gasteiger partial charge in [-0.1, -0.05) is 29.8 Å². The van der Waals surface area contributed by atoms with Crippen LogP contribution >= 0.6 is 11.6 Å². The van der Waals surface area contributed by atoms with Gasteiger partial charge >= 0.3 is 6.03 Å². The first kappa shape index (κ1) is 19.0. The van der Waals surface area contributed by atoms with Crippen molar-refractivity contribution in [1.82, 2.24) is 10.6 Å². The summed E-state index contributed by atoms with van der Waals surface area (Å²) in [6.07, 6.45) is 0.945. The maximum absolute atomic E-state index is 12.2. The Kier molecular flexibility index (Phi) is 6.19. The Balaban J connectivity index is 1.47. The van der Waals surface area contributed by atoms with Crippen LogP contribution in [0.4, 0.5) is 10.5 Å². The minimum absolute atomic E-state index is 0.0170. The lowest BCUT2D eigenvalue weighted by molar-refractivity contribution is -0.117. The molecule has 2 aromatic rings. The third-order valence-electron chi connectivity index (χ3n) is 4.47. The van der Waals surface area contributed by atoms with Crippen LogP contribution in [0.1, 0.15) is 12.0 Å². The monoisotopic (exact) mass is 387 g/mol. The number of benzene rings is 2. The van der Waals surface area contributed by atoms with Crippen LogP contribution in [0.25, 0.3) is 0 Å². The molecule has 3 rings (SSSR count). The minimum Gasteiger partial charge on any atom is -0.496 e. The number of ether oxygens (including phenoxy) is 1. The van der Waals surface area contributed by atoms with Crippen molar-refractivity contribution >= 4 is 29.2 Å². The van der Waals surface area contributed by atoms with E-state index in [1.165, 1.54) is 0 Å². The van der Waals surface area contributed by atoms with Crippen LogP contribution in [0.5, 0.6) is 5.75 Å². The Morgan fingerprint density at radius 1 is 1.22 bits per heavy atom. The average Bonchev–Trinajstić information content (AvgIpc) is 3.02. The lowest BCUT2D eigenvalue weighted by Gasteiger charge is -2.17. The van der Waals surface area contributed by atoms with E-state index < -0.39 is 0 Å². The molecule has 1 saturated heterocycles. The van der Waals surface area contributed by atoms with Crippen molar-refractivity contribution in [3.8, 4) is 5.75 Å². The second kappa shape index (κ2) is 8.77. The fraction of sp³-hybridized carbons (Fsp3) is 0.300. The van der Waals surface area contributed by atoms with Gasteiger partial charge in [-0.25, -0.2) is 4.79 Å². The summed E-state index contributed by atoms with van der Waals surface area (Å²) in [7, 11) is 1.63. The third-order valence-corrected chi connectivity index (χ3v) is 4.72. The van der Waals surface area contributed by atoms with Gasteiger partial charge in [0.1, 0.15) is 5.75 Å². The van der Waals surface area contributed by atoms with Crippen LogP contribution in [0.3, 0.4) is 0 Å². The maximum atomic E-state index is 12.2. The fourth-order valence-electron chi connectivity index (χ4n) is 3.13. The zero-order valence-corrected chi connectivity index (χ0v) is 15.8. The van der Waals surface area contributed by atoms with E-state index >= 15 is 0 Å². The molecule has 1 aliphatic rings. The summed E-state index contributed by atoms with van der Waals surface area (Å²) in [5.74, 6) is 0.788. The second-order valence-corrected chi connectivity index (χ2v) is 6.78. The molecule has 0 radical (unpaired) electrons. The largest absolute Gasteiger partial charge is 0.496 e. The summed E-state index contributed by atoms with van der Waals surface area (Å²) in [6.45, 7) is 0.925. The zero-order valence-electron chi connectivity index (χ0n) is 15.1. The Morgan fingerprint density at radius 2 is 1.96 bits per heavy atom. The number of carbonyl (C=O) groups is 2. The molecule has 1 heterocycles. The van der Waals surface area contributed by atoms with E-state index in [0.717, 1.165) is 17.0 Å². The van der Waals surface area contributed by atoms with Crippen LogP contribution < -0.4 is 20.3 Å². The van der Waals surface area contributed by atoms with Gasteiger partial charge in [-0.05, 0) is 42.3 Å². The number of anilines is 1. The van der Waals surface area contributed by atoms with Gasteiger partial charge in [0.05, 0.1) is 13.2 Å². The quantitative estimate of drug-likeness (QED) is 0.800. The summed E-state index contributed by atoms with van der Waals surface area (Å²) in [4.78, 5) is 26.0. The summed E-state index contributed by atoms with van der Waals surface area (Å²) in [5, 5.41) is 6.32. The molecule has 2 aromatic carbocycles. The van der Waals surface area contributed by atoms with Crippen molar-refractivity contribution in [3.05, 3.63) is 59.1 Å². The highest BCUT2D eigenvalue weighted by Gasteiger charge is 2.31. The van der Waals surface area contributed by atoms with E-state index in [2.05, 4.69) is 10.6 Å². The Morgan fingerprint density at radius 3 is 2.70 bits per heavy atom. The van der Waals surface area contributed by atoms with Gasteiger partial charge in [0, 0.05) is 30.2 Å². The maximum Gasteiger partial charge on any atom is 0.315 e. The standard InChI is InChI=1S/C20H22ClN3O3/c1-27-18-5-3-2-4-14(18)10-11-22-20(26)23-16-12-19(25)24(13-16)17-8-6-15(21)7-9-17/h2-9,16H,10-13H2,1H3,(H2,22,23,26). The molecule has 1 unspecified atom stereocenters. The van der Waals surface area contributed by atoms with Gasteiger partial charge in [-0.2, -0.15) is 0 Å². The van der Waals surface area contributed by atoms with Crippen LogP contribution in [-0.2, 0) is 11.2 Å². The Hall–Kier alpha value is -2.73. The molecule has 7 heteroatoms. The number of hydrogen-bond donors (Lipinski definition) is 2. The number of hydrogen-bond acceptors (Lipinski definition) is 3. The molecule has 27 heavy (non-hydrogen) atoms. The number of methoxy groups -OCH3 is 1. The number of para-hydroxylation sites is 1. The van der Waals surface area contributed by atoms with Crippen molar-refractivity contribution in [2.75, 3.05) is 25.1 Å². The molecule has 1 aliphatic heterocycles. The van der Waals surface area contributed by atoms with Gasteiger partial charge in [-0.3, -0.25) is 4.79 Å². The molecule has 1 atom stereocenters. The second-order valence-electron chi connectivity index (χ2n) is 6.34. The first-order chi connectivity index (χ1) is 13.1. The molecule has 3 amide bonds. The molecule has 1 fully saturated rings. The van der Waals surface area contributed by atoms with Crippen LogP contribution in [-0.4, -0.2) is 38.2 Å². The molecule has 0 bridgehead atoms. The lowest BCUT2D eigenvalue weighted by Crippen LogP contribution is -2.43. The summed E-state index contributed by atoms with van der Waals surface area (Å²) in [5.41, 5.74) is 1.82. The highest BCUT2D eigenvalue weighted by Crippen LogP contribution is 2.23. The Bertz CT molecular complexity index is 810. The van der Waals surface area contributed by atoms with Gasteiger partial charge in [0.2, 0.25) is 5.91 Å². The van der Waals surface area contributed by atoms with Gasteiger partial charge in [-0.15, -0.1) is 0 Å². The highest BCUT2D eigenvalue weighted by molar-refractivity contribution is 6.30. The summed E-state index contributed by atoms with van der Waals surface area (Å²) >= 11 is 5.89. The van der Waals surface area contributed by atoms with E-state index in [0.29, 0.717) is 24.5 Å². The van der Waals surface area contributed by atoms with Crippen LogP contribution in [0, 0.1) is 0 Å². The minimum atomic E-state index is -0.277. The van der Waals surface area contributed by atoms with E-state index in [9.17, 15) is 9.59 Å². The normalized spacial score (nSPS) is 16.3. The molecule has 0 aromatic heterocycles. The van der Waals surface area contributed by atoms with E-state index in [1.807, 2.05) is 24.3 Å². The Labute approximate surface area is 163 Å². The average molecular weight is 388 g/mol. The number of rotatable bonds is 6. The van der Waals surface area contributed by atoms with Crippen molar-refractivity contribution in [1.29, 1.82) is 0 Å². The van der Waals surface area contributed by atoms with Crippen molar-refractivity contribution in [2.24, 2.45) is 0 Å². The number of carbonyl (C=O) groups excluding carboxylic acids is 2. The first-order valence-corrected chi connectivity index (χ1v) is 9.17. The number of amides is 3. The molecular weight excluding hydrogens is 366 g/mol. The number of halogens is 1. The molecule has 0 spiro atoms. The third kappa shape index (κ3) is 4.92. The van der Waals surface area contributed by atoms with Gasteiger partial charge < -0.3 is 20.3 Å². The van der Waals surface area contributed by atoms with E-state index in [4.69, 9.17) is 16.3 Å². The number of nitrogens with one attached hydrogen (secondary N) is 2. The van der Waals surface area contributed by atoms with Gasteiger partial charge in [0.25, 0.3) is 0 Å². The lowest BCUT2D eigenvalue weighted by atomic mass is 10.1. The van der Waals surface area contributed by atoms with E-state index in [-0.39, 0.29) is 24.4 Å². The van der Waals surface area contributed by atoms with Crippen LogP contribution in [0.15, 0.2) is 48.5 Å². The molecular formula is C20H22ClN3O3. The summed E-state index contributed by atoms with van der Waals surface area (Å²) in [6, 6.07) is 14.3. The van der Waals surface area contributed by atoms with Gasteiger partial charge in [0.15, 0.2) is 0 Å². The van der Waals surface area contributed by atoms with Crippen molar-refractivity contribution in [2.45, 2.75) is 18.9 Å². The SMILES string of the molecule is COc1ccccc1CCNC(=O)NC1CC(=O)N(c2ccc(Cl)cc2)C1. The molecule has 2 N–H and O–H groups in total. The number of nitrogens with zero attached hydrogens (tertiary/aromatic N) is 1. The molecule has 6 nitrogen and oxygen atoms in total. The first-order valence-electron chi connectivity index (χ1n) is 8.79. The van der Waals surface area contributed by atoms with Crippen LogP contribution in [0.2, 0.25) is 5.02 Å². The van der Waals surface area contributed by atoms with E-state index in [1.54, 1.807) is 36.3 Å². The summed E-state index contributed by atoms with van der Waals surface area (Å²) < 4.78 is 5.30. The smallest absolute Gasteiger partial charge is 0.315 e. The topological polar surface area (TPSA) is 70.7 Å². The predicted molar refractivity (Wildman–Crippen MR) is 105 cm³/mol.